The zero-order valence-electron chi connectivity index (χ0n) is 9.94. The minimum absolute atomic E-state index is 0.0266. The van der Waals surface area contributed by atoms with Crippen LogP contribution in [0.5, 0.6) is 5.75 Å². The summed E-state index contributed by atoms with van der Waals surface area (Å²) in [5.41, 5.74) is 2.04. The van der Waals surface area contributed by atoms with Gasteiger partial charge in [0.15, 0.2) is 0 Å². The summed E-state index contributed by atoms with van der Waals surface area (Å²) in [6, 6.07) is 6.59. The van der Waals surface area contributed by atoms with E-state index >= 15 is 0 Å². The molecule has 1 N–H and O–H groups in total. The number of hydrogen-bond donors (Lipinski definition) is 1. The van der Waals surface area contributed by atoms with Crippen LogP contribution in [-0.4, -0.2) is 18.2 Å². The first-order valence-corrected chi connectivity index (χ1v) is 5.00. The monoisotopic (exact) mass is 231 g/mol. The molecular weight excluding hydrogens is 218 g/mol. The molecule has 17 heavy (non-hydrogen) atoms. The number of aryl methyl sites for hydroxylation is 1. The topological polar surface area (TPSA) is 70.3 Å². The van der Waals surface area contributed by atoms with E-state index < -0.39 is 5.97 Å². The highest BCUT2D eigenvalue weighted by molar-refractivity contribution is 6.01. The fraction of sp³-hybridized carbons (Fsp3) is 0.231. The van der Waals surface area contributed by atoms with E-state index in [1.165, 1.54) is 13.2 Å². The number of aromatic hydroxyl groups is 1. The second-order valence-corrected chi connectivity index (χ2v) is 3.60. The van der Waals surface area contributed by atoms with Gasteiger partial charge in [0.2, 0.25) is 0 Å². The molecule has 88 valence electrons. The summed E-state index contributed by atoms with van der Waals surface area (Å²) in [4.78, 5) is 11.4. The molecule has 0 aliphatic rings. The van der Waals surface area contributed by atoms with E-state index in [2.05, 4.69) is 4.74 Å². The lowest BCUT2D eigenvalue weighted by molar-refractivity contribution is -0.135. The first-order valence-electron chi connectivity index (χ1n) is 5.00. The van der Waals surface area contributed by atoms with Gasteiger partial charge in [0.1, 0.15) is 17.4 Å². The number of methoxy groups -OCH3 is 1. The molecule has 1 rings (SSSR count). The van der Waals surface area contributed by atoms with Gasteiger partial charge in [-0.1, -0.05) is 6.07 Å². The molecule has 0 saturated heterocycles. The Hall–Kier alpha value is -2.28. The number of nitriles is 1. The smallest absolute Gasteiger partial charge is 0.348 e. The van der Waals surface area contributed by atoms with Crippen molar-refractivity contribution in [3.63, 3.8) is 0 Å². The first-order chi connectivity index (χ1) is 8.01. The number of phenolic OH excluding ortho intramolecular Hbond substituents is 1. The van der Waals surface area contributed by atoms with Crippen LogP contribution in [0.25, 0.3) is 5.57 Å². The molecule has 0 aliphatic heterocycles. The van der Waals surface area contributed by atoms with Crippen molar-refractivity contribution in [3.05, 3.63) is 34.9 Å². The second kappa shape index (κ2) is 5.17. The van der Waals surface area contributed by atoms with Crippen LogP contribution < -0.4 is 0 Å². The molecule has 0 bridgehead atoms. The van der Waals surface area contributed by atoms with E-state index in [4.69, 9.17) is 5.26 Å². The Kier molecular flexibility index (Phi) is 3.89. The number of hydrogen-bond acceptors (Lipinski definition) is 4. The predicted molar refractivity (Wildman–Crippen MR) is 63.1 cm³/mol. The van der Waals surface area contributed by atoms with Gasteiger partial charge in [-0.3, -0.25) is 0 Å². The fourth-order valence-electron chi connectivity index (χ4n) is 1.59. The molecule has 1 aromatic carbocycles. The van der Waals surface area contributed by atoms with Gasteiger partial charge in [-0.15, -0.1) is 0 Å². The number of phenols is 1. The lowest BCUT2D eigenvalue weighted by Gasteiger charge is -2.08. The summed E-state index contributed by atoms with van der Waals surface area (Å²) in [6.07, 6.45) is 0. The Balaban J connectivity index is 3.36. The summed E-state index contributed by atoms with van der Waals surface area (Å²) in [6.45, 7) is 3.47. The van der Waals surface area contributed by atoms with Crippen LogP contribution in [0.4, 0.5) is 0 Å². The van der Waals surface area contributed by atoms with Gasteiger partial charge >= 0.3 is 5.97 Å². The normalized spacial score (nSPS) is 11.4. The maximum atomic E-state index is 11.4. The highest BCUT2D eigenvalue weighted by Gasteiger charge is 2.15. The molecule has 0 aliphatic carbocycles. The number of allylic oxidation sites excluding steroid dienone is 1. The third-order valence-corrected chi connectivity index (χ3v) is 2.49. The molecule has 0 saturated carbocycles. The van der Waals surface area contributed by atoms with Crippen LogP contribution in [-0.2, 0) is 9.53 Å². The van der Waals surface area contributed by atoms with Crippen molar-refractivity contribution in [2.24, 2.45) is 0 Å². The molecular formula is C13H13NO3. The third kappa shape index (κ3) is 2.64. The summed E-state index contributed by atoms with van der Waals surface area (Å²) >= 11 is 0. The number of esters is 1. The molecule has 4 nitrogen and oxygen atoms in total. The van der Waals surface area contributed by atoms with Crippen LogP contribution in [0, 0.1) is 18.3 Å². The van der Waals surface area contributed by atoms with Crippen LogP contribution in [0.3, 0.4) is 0 Å². The van der Waals surface area contributed by atoms with Crippen molar-refractivity contribution in [2.45, 2.75) is 13.8 Å². The summed E-state index contributed by atoms with van der Waals surface area (Å²) in [7, 11) is 1.23. The molecule has 0 spiro atoms. The van der Waals surface area contributed by atoms with E-state index in [0.29, 0.717) is 5.57 Å². The average Bonchev–Trinajstić information content (AvgIpc) is 2.29. The zero-order chi connectivity index (χ0) is 13.0. The quantitative estimate of drug-likeness (QED) is 0.481. The van der Waals surface area contributed by atoms with E-state index in [-0.39, 0.29) is 11.3 Å². The van der Waals surface area contributed by atoms with Crippen molar-refractivity contribution in [1.29, 1.82) is 5.26 Å². The Labute approximate surface area is 99.8 Å². The number of benzene rings is 1. The van der Waals surface area contributed by atoms with Crippen molar-refractivity contribution >= 4 is 11.5 Å². The molecule has 0 unspecified atom stereocenters. The van der Waals surface area contributed by atoms with Crippen LogP contribution in [0.2, 0.25) is 0 Å². The molecule has 1 aromatic rings. The van der Waals surface area contributed by atoms with E-state index in [1.807, 2.05) is 6.07 Å². The number of rotatable bonds is 2. The number of nitrogens with zero attached hydrogens (tertiary/aromatic N) is 1. The Morgan fingerprint density at radius 1 is 1.47 bits per heavy atom. The van der Waals surface area contributed by atoms with Gasteiger partial charge in [0.25, 0.3) is 0 Å². The van der Waals surface area contributed by atoms with E-state index in [1.54, 1.807) is 26.0 Å². The van der Waals surface area contributed by atoms with Crippen molar-refractivity contribution < 1.29 is 14.6 Å². The van der Waals surface area contributed by atoms with Crippen LogP contribution >= 0.6 is 0 Å². The largest absolute Gasteiger partial charge is 0.508 e. The Bertz CT molecular complexity index is 524. The maximum absolute atomic E-state index is 11.4. The number of carbonyl (C=O) groups excluding carboxylic acids is 1. The molecule has 0 heterocycles. The predicted octanol–water partition coefficient (Wildman–Crippen LogP) is 2.17. The SMILES string of the molecule is COC(=O)C(C#N)=C(C)c1ccc(O)cc1C. The highest BCUT2D eigenvalue weighted by atomic mass is 16.5. The van der Waals surface area contributed by atoms with Gasteiger partial charge < -0.3 is 9.84 Å². The zero-order valence-corrected chi connectivity index (χ0v) is 9.94. The molecule has 0 fully saturated rings. The minimum Gasteiger partial charge on any atom is -0.508 e. The number of ether oxygens (including phenoxy) is 1. The molecule has 0 atom stereocenters. The minimum atomic E-state index is -0.655. The highest BCUT2D eigenvalue weighted by Crippen LogP contribution is 2.25. The van der Waals surface area contributed by atoms with Crippen molar-refractivity contribution in [3.8, 4) is 11.8 Å². The average molecular weight is 231 g/mol. The van der Waals surface area contributed by atoms with Crippen LogP contribution in [0.15, 0.2) is 23.8 Å². The van der Waals surface area contributed by atoms with Crippen molar-refractivity contribution in [1.82, 2.24) is 0 Å². The van der Waals surface area contributed by atoms with Crippen LogP contribution in [0.1, 0.15) is 18.1 Å². The van der Waals surface area contributed by atoms with Gasteiger partial charge in [0.05, 0.1) is 7.11 Å². The van der Waals surface area contributed by atoms with Gasteiger partial charge in [0, 0.05) is 0 Å². The number of carbonyl (C=O) groups is 1. The fourth-order valence-corrected chi connectivity index (χ4v) is 1.59. The lowest BCUT2D eigenvalue weighted by atomic mass is 9.97. The molecule has 0 radical (unpaired) electrons. The summed E-state index contributed by atoms with van der Waals surface area (Å²) < 4.78 is 4.54. The lowest BCUT2D eigenvalue weighted by Crippen LogP contribution is -2.05. The Morgan fingerprint density at radius 3 is 2.59 bits per heavy atom. The first kappa shape index (κ1) is 12.8. The molecule has 0 aromatic heterocycles. The maximum Gasteiger partial charge on any atom is 0.348 e. The Morgan fingerprint density at radius 2 is 2.12 bits per heavy atom. The van der Waals surface area contributed by atoms with Crippen molar-refractivity contribution in [2.75, 3.05) is 7.11 Å². The van der Waals surface area contributed by atoms with E-state index in [0.717, 1.165) is 11.1 Å². The van der Waals surface area contributed by atoms with Gasteiger partial charge in [-0.05, 0) is 42.7 Å². The molecule has 0 amide bonds. The standard InChI is InChI=1S/C13H13NO3/c1-8-6-10(15)4-5-11(8)9(2)12(7-14)13(16)17-3/h4-6,15H,1-3H3. The van der Waals surface area contributed by atoms with Gasteiger partial charge in [-0.25, -0.2) is 4.79 Å². The summed E-state index contributed by atoms with van der Waals surface area (Å²) in [5.74, 6) is -0.506. The third-order valence-electron chi connectivity index (χ3n) is 2.49. The van der Waals surface area contributed by atoms with Gasteiger partial charge in [-0.2, -0.15) is 5.26 Å². The summed E-state index contributed by atoms with van der Waals surface area (Å²) in [5, 5.41) is 18.2. The molecule has 4 heteroatoms. The second-order valence-electron chi connectivity index (χ2n) is 3.60. The van der Waals surface area contributed by atoms with E-state index in [9.17, 15) is 9.90 Å².